The third-order valence-corrected chi connectivity index (χ3v) is 5.53. The van der Waals surface area contributed by atoms with E-state index in [0.717, 1.165) is 10.6 Å². The van der Waals surface area contributed by atoms with Crippen LogP contribution < -0.4 is 10.6 Å². The summed E-state index contributed by atoms with van der Waals surface area (Å²) >= 11 is 1.26. The van der Waals surface area contributed by atoms with Gasteiger partial charge in [-0.1, -0.05) is 0 Å². The molecule has 1 aliphatic rings. The Hall–Kier alpha value is -2.52. The van der Waals surface area contributed by atoms with Crippen molar-refractivity contribution < 1.29 is 24.2 Å². The third kappa shape index (κ3) is 3.83. The Kier molecular flexibility index (Phi) is 4.92. The Morgan fingerprint density at radius 3 is 2.65 bits per heavy atom. The number of hydrogen-bond acceptors (Lipinski definition) is 5. The van der Waals surface area contributed by atoms with Crippen molar-refractivity contribution in [2.24, 2.45) is 5.92 Å². The summed E-state index contributed by atoms with van der Waals surface area (Å²) in [6.45, 7) is 1.31. The summed E-state index contributed by atoms with van der Waals surface area (Å²) < 4.78 is 12.9. The number of aliphatic hydroxyl groups is 1. The molecule has 0 saturated heterocycles. The number of nitrogens with zero attached hydrogens (tertiary/aromatic N) is 1. The number of anilines is 2. The molecule has 9 heteroatoms. The van der Waals surface area contributed by atoms with Gasteiger partial charge in [0.05, 0.1) is 5.69 Å². The molecule has 138 valence electrons. The van der Waals surface area contributed by atoms with E-state index in [1.54, 1.807) is 0 Å². The molecule has 0 fully saturated rings. The van der Waals surface area contributed by atoms with Gasteiger partial charge in [0.2, 0.25) is 0 Å². The molecule has 0 saturated carbocycles. The van der Waals surface area contributed by atoms with Gasteiger partial charge >= 0.3 is 12.0 Å². The van der Waals surface area contributed by atoms with Crippen LogP contribution in [-0.2, 0) is 17.6 Å². The molecule has 2 amide bonds. The number of amides is 2. The summed E-state index contributed by atoms with van der Waals surface area (Å²) in [7, 11) is 0. The summed E-state index contributed by atoms with van der Waals surface area (Å²) in [6.07, 6.45) is 1.45. The summed E-state index contributed by atoms with van der Waals surface area (Å²) in [5, 5.41) is 24.9. The predicted octanol–water partition coefficient (Wildman–Crippen LogP) is 2.87. The van der Waals surface area contributed by atoms with Crippen LogP contribution in [0.2, 0.25) is 0 Å². The maximum atomic E-state index is 12.9. The number of fused-ring (bicyclic) bond motifs is 1. The van der Waals surface area contributed by atoms with E-state index in [2.05, 4.69) is 15.6 Å². The van der Waals surface area contributed by atoms with Crippen molar-refractivity contribution in [1.82, 2.24) is 4.98 Å². The van der Waals surface area contributed by atoms with Crippen molar-refractivity contribution in [2.45, 2.75) is 31.8 Å². The van der Waals surface area contributed by atoms with Gasteiger partial charge in [0.15, 0.2) is 10.7 Å². The van der Waals surface area contributed by atoms with Crippen molar-refractivity contribution in [3.63, 3.8) is 0 Å². The number of halogens is 1. The lowest BCUT2D eigenvalue weighted by atomic mass is 9.79. The van der Waals surface area contributed by atoms with E-state index in [9.17, 15) is 24.2 Å². The number of urea groups is 1. The van der Waals surface area contributed by atoms with E-state index >= 15 is 0 Å². The van der Waals surface area contributed by atoms with Crippen LogP contribution in [0.3, 0.4) is 0 Å². The van der Waals surface area contributed by atoms with Gasteiger partial charge in [0.1, 0.15) is 5.82 Å². The first-order valence-corrected chi connectivity index (χ1v) is 8.85. The number of thiazole rings is 1. The number of carboxylic acids is 1. The molecule has 0 spiro atoms. The number of rotatable bonds is 4. The van der Waals surface area contributed by atoms with E-state index in [4.69, 9.17) is 0 Å². The summed E-state index contributed by atoms with van der Waals surface area (Å²) in [5.74, 6) is -2.04. The Morgan fingerprint density at radius 2 is 2.00 bits per heavy atom. The zero-order valence-electron chi connectivity index (χ0n) is 14.0. The van der Waals surface area contributed by atoms with Gasteiger partial charge in [-0.3, -0.25) is 5.32 Å². The predicted molar refractivity (Wildman–Crippen MR) is 94.9 cm³/mol. The summed E-state index contributed by atoms with van der Waals surface area (Å²) in [4.78, 5) is 28.5. The standard InChI is InChI=1S/C17H18FN3O4S/c1-17(25,14(22)23)9-2-7-12-13(8-9)26-16(20-12)21-15(24)19-11-5-3-10(18)4-6-11/h3-6,9,25H,2,7-8H2,1H3,(H,22,23)(H2,19,20,21,24)/t9-,17?/m0/s1. The molecule has 26 heavy (non-hydrogen) atoms. The molecule has 2 atom stereocenters. The average Bonchev–Trinajstić information content (AvgIpc) is 2.97. The number of carbonyl (C=O) groups is 2. The normalized spacial score (nSPS) is 18.5. The molecule has 7 nitrogen and oxygen atoms in total. The number of nitrogens with one attached hydrogen (secondary N) is 2. The highest BCUT2D eigenvalue weighted by molar-refractivity contribution is 7.15. The average molecular weight is 379 g/mol. The van der Waals surface area contributed by atoms with E-state index in [1.165, 1.54) is 42.5 Å². The second-order valence-electron chi connectivity index (χ2n) is 6.37. The highest BCUT2D eigenvalue weighted by Crippen LogP contribution is 2.37. The fourth-order valence-electron chi connectivity index (χ4n) is 2.88. The van der Waals surface area contributed by atoms with Gasteiger partial charge in [-0.25, -0.2) is 19.0 Å². The minimum atomic E-state index is -1.80. The van der Waals surface area contributed by atoms with Crippen LogP contribution in [0, 0.1) is 11.7 Å². The van der Waals surface area contributed by atoms with Crippen LogP contribution >= 0.6 is 11.3 Å². The number of aryl methyl sites for hydroxylation is 1. The van der Waals surface area contributed by atoms with Crippen LogP contribution in [-0.4, -0.2) is 32.8 Å². The molecule has 1 unspecified atom stereocenters. The number of carboxylic acid groups (broad SMARTS) is 1. The first-order chi connectivity index (χ1) is 12.3. The lowest BCUT2D eigenvalue weighted by Crippen LogP contribution is -2.45. The van der Waals surface area contributed by atoms with Crippen molar-refractivity contribution in [2.75, 3.05) is 10.6 Å². The number of benzene rings is 1. The fourth-order valence-corrected chi connectivity index (χ4v) is 3.96. The minimum Gasteiger partial charge on any atom is -0.479 e. The number of aromatic nitrogens is 1. The summed E-state index contributed by atoms with van der Waals surface area (Å²) in [6, 6.07) is 4.87. The smallest absolute Gasteiger partial charge is 0.335 e. The molecular formula is C17H18FN3O4S. The van der Waals surface area contributed by atoms with E-state index in [0.29, 0.717) is 30.1 Å². The molecule has 1 aliphatic carbocycles. The van der Waals surface area contributed by atoms with Crippen molar-refractivity contribution >= 4 is 34.2 Å². The fraction of sp³-hybridized carbons (Fsp3) is 0.353. The third-order valence-electron chi connectivity index (χ3n) is 4.49. The minimum absolute atomic E-state index is 0.393. The van der Waals surface area contributed by atoms with Crippen LogP contribution in [0.5, 0.6) is 0 Å². The molecule has 4 N–H and O–H groups in total. The number of carbonyl (C=O) groups excluding carboxylic acids is 1. The first-order valence-electron chi connectivity index (χ1n) is 8.03. The second kappa shape index (κ2) is 7.00. The highest BCUT2D eigenvalue weighted by atomic mass is 32.1. The maximum Gasteiger partial charge on any atom is 0.335 e. The van der Waals surface area contributed by atoms with Crippen LogP contribution in [0.4, 0.5) is 20.0 Å². The van der Waals surface area contributed by atoms with Crippen molar-refractivity contribution in [3.05, 3.63) is 40.7 Å². The molecule has 3 rings (SSSR count). The van der Waals surface area contributed by atoms with Crippen molar-refractivity contribution in [3.8, 4) is 0 Å². The van der Waals surface area contributed by atoms with Gasteiger partial charge in [-0.05, 0) is 50.5 Å². The Morgan fingerprint density at radius 1 is 1.31 bits per heavy atom. The molecule has 2 aromatic rings. The van der Waals surface area contributed by atoms with E-state index in [-0.39, 0.29) is 0 Å². The second-order valence-corrected chi connectivity index (χ2v) is 7.45. The molecular weight excluding hydrogens is 361 g/mol. The molecule has 0 aliphatic heterocycles. The molecule has 1 aromatic heterocycles. The Bertz CT molecular complexity index is 835. The number of hydrogen-bond donors (Lipinski definition) is 4. The van der Waals surface area contributed by atoms with E-state index < -0.39 is 29.3 Å². The van der Waals surface area contributed by atoms with Crippen LogP contribution in [0.15, 0.2) is 24.3 Å². The monoisotopic (exact) mass is 379 g/mol. The summed E-state index contributed by atoms with van der Waals surface area (Å²) in [5.41, 5.74) is -0.540. The van der Waals surface area contributed by atoms with Gasteiger partial charge in [-0.2, -0.15) is 0 Å². The number of aliphatic carboxylic acids is 1. The maximum absolute atomic E-state index is 12.9. The van der Waals surface area contributed by atoms with Crippen molar-refractivity contribution in [1.29, 1.82) is 0 Å². The zero-order chi connectivity index (χ0) is 18.9. The quantitative estimate of drug-likeness (QED) is 0.653. The van der Waals surface area contributed by atoms with Gasteiger partial charge in [0.25, 0.3) is 0 Å². The SMILES string of the molecule is CC(O)(C(=O)O)[C@H]1CCc2nc(NC(=O)Nc3ccc(F)cc3)sc2C1. The zero-order valence-corrected chi connectivity index (χ0v) is 14.8. The first kappa shape index (κ1) is 18.3. The Balaban J connectivity index is 1.65. The molecule has 1 aromatic carbocycles. The van der Waals surface area contributed by atoms with Gasteiger partial charge < -0.3 is 15.5 Å². The molecule has 1 heterocycles. The highest BCUT2D eigenvalue weighted by Gasteiger charge is 2.41. The Labute approximate surface area is 152 Å². The van der Waals surface area contributed by atoms with E-state index in [1.807, 2.05) is 0 Å². The van der Waals surface area contributed by atoms with Gasteiger partial charge in [-0.15, -0.1) is 11.3 Å². The molecule has 0 bridgehead atoms. The van der Waals surface area contributed by atoms with Crippen LogP contribution in [0.1, 0.15) is 23.9 Å². The lowest BCUT2D eigenvalue weighted by Gasteiger charge is -2.31. The largest absolute Gasteiger partial charge is 0.479 e. The molecule has 0 radical (unpaired) electrons. The van der Waals surface area contributed by atoms with Gasteiger partial charge in [0, 0.05) is 16.5 Å². The lowest BCUT2D eigenvalue weighted by molar-refractivity contribution is -0.163. The van der Waals surface area contributed by atoms with Crippen LogP contribution in [0.25, 0.3) is 0 Å². The topological polar surface area (TPSA) is 112 Å².